The first kappa shape index (κ1) is 21.0. The average Bonchev–Trinajstić information content (AvgIpc) is 3.18. The molecule has 0 bridgehead atoms. The van der Waals surface area contributed by atoms with Crippen molar-refractivity contribution in [3.63, 3.8) is 0 Å². The Kier molecular flexibility index (Phi) is 7.01. The second-order valence-corrected chi connectivity index (χ2v) is 6.45. The van der Waals surface area contributed by atoms with E-state index in [1.807, 2.05) is 42.5 Å². The van der Waals surface area contributed by atoms with Gasteiger partial charge in [-0.15, -0.1) is 24.8 Å². The van der Waals surface area contributed by atoms with E-state index in [4.69, 9.17) is 0 Å². The van der Waals surface area contributed by atoms with Crippen molar-refractivity contribution >= 4 is 70.4 Å². The topological polar surface area (TPSA) is 86.2 Å². The Morgan fingerprint density at radius 3 is 2.85 bits per heavy atom. The molecule has 140 valence electrons. The van der Waals surface area contributed by atoms with Crippen molar-refractivity contribution in [2.75, 3.05) is 5.32 Å². The van der Waals surface area contributed by atoms with Gasteiger partial charge in [0, 0.05) is 34.6 Å². The molecule has 0 amide bonds. The van der Waals surface area contributed by atoms with Crippen molar-refractivity contribution in [2.45, 2.75) is 6.54 Å². The molecule has 1 aromatic carbocycles. The van der Waals surface area contributed by atoms with E-state index in [2.05, 4.69) is 41.2 Å². The van der Waals surface area contributed by atoms with Crippen LogP contribution in [0.15, 0.2) is 52.1 Å². The molecule has 6 nitrogen and oxygen atoms in total. The summed E-state index contributed by atoms with van der Waals surface area (Å²) in [5, 5.41) is 13.3. The fourth-order valence-electron chi connectivity index (χ4n) is 2.59. The van der Waals surface area contributed by atoms with Crippen LogP contribution in [0.1, 0.15) is 16.8 Å². The van der Waals surface area contributed by atoms with E-state index in [0.29, 0.717) is 24.0 Å². The fraction of sp³-hybridized carbons (Fsp3) is 0.0556. The van der Waals surface area contributed by atoms with Crippen molar-refractivity contribution < 1.29 is 5.11 Å². The molecule has 0 fully saturated rings. The summed E-state index contributed by atoms with van der Waals surface area (Å²) in [5.41, 5.74) is 3.43. The number of aliphatic imine (C=N–C) groups is 1. The first-order valence-corrected chi connectivity index (χ1v) is 8.47. The molecule has 9 heteroatoms. The number of hydrogen-bond donors (Lipinski definition) is 3. The molecule has 0 radical (unpaired) electrons. The number of nitrogens with zero attached hydrogens (tertiary/aromatic N) is 3. The molecule has 0 atom stereocenters. The predicted molar refractivity (Wildman–Crippen MR) is 116 cm³/mol. The van der Waals surface area contributed by atoms with Crippen molar-refractivity contribution in [1.29, 1.82) is 0 Å². The Hall–Kier alpha value is -2.35. The van der Waals surface area contributed by atoms with Crippen LogP contribution in [0, 0.1) is 0 Å². The molecule has 1 aliphatic heterocycles. The normalized spacial score (nSPS) is 13.0. The van der Waals surface area contributed by atoms with Gasteiger partial charge in [0.1, 0.15) is 5.69 Å². The Bertz CT molecular complexity index is 1000. The number of H-pyrrole nitrogens is 1. The molecule has 0 saturated heterocycles. The van der Waals surface area contributed by atoms with Crippen LogP contribution in [-0.2, 0) is 6.54 Å². The lowest BCUT2D eigenvalue weighted by Gasteiger charge is -2.03. The number of rotatable bonds is 4. The number of aromatic hydroxyl groups is 1. The number of allylic oxidation sites excluding steroid dienone is 1. The summed E-state index contributed by atoms with van der Waals surface area (Å²) >= 11 is 3.45. The van der Waals surface area contributed by atoms with E-state index in [0.717, 1.165) is 21.2 Å². The molecule has 1 aliphatic rings. The Morgan fingerprint density at radius 2 is 2.04 bits per heavy atom. The maximum absolute atomic E-state index is 10.1. The van der Waals surface area contributed by atoms with Gasteiger partial charge in [-0.3, -0.25) is 0 Å². The largest absolute Gasteiger partial charge is 0.492 e. The molecular weight excluding hydrogens is 453 g/mol. The molecule has 3 N–H and O–H groups in total. The van der Waals surface area contributed by atoms with E-state index in [-0.39, 0.29) is 30.7 Å². The lowest BCUT2D eigenvalue weighted by atomic mass is 10.1. The van der Waals surface area contributed by atoms with Crippen LogP contribution >= 0.6 is 40.7 Å². The molecular formula is C18H16BrCl2N5O. The highest BCUT2D eigenvalue weighted by atomic mass is 79.9. The predicted octanol–water partition coefficient (Wildman–Crippen LogP) is 4.99. The SMILES string of the molecule is Cl.Cl.Oc1nc(NCc2cccc(Br)c2)[nH]c1C=C1C=Nc2ncccc21. The minimum absolute atomic E-state index is 0. The molecule has 3 aromatic rings. The number of benzene rings is 1. The van der Waals surface area contributed by atoms with E-state index in [9.17, 15) is 5.11 Å². The number of aromatic nitrogens is 3. The van der Waals surface area contributed by atoms with Gasteiger partial charge in [0.25, 0.3) is 0 Å². The molecule has 4 rings (SSSR count). The average molecular weight is 469 g/mol. The van der Waals surface area contributed by atoms with Crippen molar-refractivity contribution in [1.82, 2.24) is 15.0 Å². The first-order chi connectivity index (χ1) is 12.2. The van der Waals surface area contributed by atoms with E-state index < -0.39 is 0 Å². The van der Waals surface area contributed by atoms with Gasteiger partial charge in [0.15, 0.2) is 5.82 Å². The van der Waals surface area contributed by atoms with Gasteiger partial charge >= 0.3 is 0 Å². The van der Waals surface area contributed by atoms with Gasteiger partial charge in [-0.2, -0.15) is 4.98 Å². The van der Waals surface area contributed by atoms with Crippen LogP contribution < -0.4 is 5.32 Å². The standard InChI is InChI=1S/C18H14BrN5O.2ClH/c19-13-4-1-3-11(7-13)9-22-18-23-15(17(25)24-18)8-12-10-21-16-14(12)5-2-6-20-16;;/h1-8,10,25H,9H2,(H2,22,23,24);2*1H. The third-order valence-corrected chi connectivity index (χ3v) is 4.28. The van der Waals surface area contributed by atoms with Crippen LogP contribution in [0.3, 0.4) is 0 Å². The van der Waals surface area contributed by atoms with Crippen LogP contribution in [0.25, 0.3) is 11.6 Å². The van der Waals surface area contributed by atoms with Crippen molar-refractivity contribution in [2.24, 2.45) is 4.99 Å². The number of halogens is 3. The highest BCUT2D eigenvalue weighted by Gasteiger charge is 2.14. The maximum Gasteiger partial charge on any atom is 0.238 e. The number of aromatic amines is 1. The first-order valence-electron chi connectivity index (χ1n) is 7.67. The zero-order valence-electron chi connectivity index (χ0n) is 13.9. The monoisotopic (exact) mass is 467 g/mol. The highest BCUT2D eigenvalue weighted by molar-refractivity contribution is 9.10. The van der Waals surface area contributed by atoms with Gasteiger partial charge in [0.05, 0.1) is 0 Å². The number of pyridine rings is 1. The molecule has 0 aliphatic carbocycles. The lowest BCUT2D eigenvalue weighted by Crippen LogP contribution is -2.00. The highest BCUT2D eigenvalue weighted by Crippen LogP contribution is 2.31. The summed E-state index contributed by atoms with van der Waals surface area (Å²) < 4.78 is 1.02. The lowest BCUT2D eigenvalue weighted by molar-refractivity contribution is 0.455. The second kappa shape index (κ2) is 9.03. The van der Waals surface area contributed by atoms with Gasteiger partial charge in [-0.25, -0.2) is 9.98 Å². The van der Waals surface area contributed by atoms with Crippen LogP contribution in [0.5, 0.6) is 5.88 Å². The number of imidazole rings is 1. The summed E-state index contributed by atoms with van der Waals surface area (Å²) in [5.74, 6) is 1.13. The molecule has 27 heavy (non-hydrogen) atoms. The molecule has 2 aromatic heterocycles. The summed E-state index contributed by atoms with van der Waals surface area (Å²) in [7, 11) is 0. The number of fused-ring (bicyclic) bond motifs is 1. The van der Waals surface area contributed by atoms with Crippen molar-refractivity contribution in [3.8, 4) is 5.88 Å². The molecule has 0 unspecified atom stereocenters. The smallest absolute Gasteiger partial charge is 0.238 e. The van der Waals surface area contributed by atoms with Crippen LogP contribution in [-0.4, -0.2) is 26.3 Å². The number of anilines is 1. The third-order valence-electron chi connectivity index (χ3n) is 3.78. The van der Waals surface area contributed by atoms with Gasteiger partial charge in [0.2, 0.25) is 11.8 Å². The Balaban J connectivity index is 0.00000131. The summed E-state index contributed by atoms with van der Waals surface area (Å²) in [6.07, 6.45) is 5.24. The quantitative estimate of drug-likeness (QED) is 0.503. The maximum atomic E-state index is 10.1. The second-order valence-electron chi connectivity index (χ2n) is 5.54. The number of nitrogens with one attached hydrogen (secondary N) is 2. The van der Waals surface area contributed by atoms with E-state index >= 15 is 0 Å². The summed E-state index contributed by atoms with van der Waals surface area (Å²) in [6.45, 7) is 0.594. The zero-order chi connectivity index (χ0) is 17.2. The number of hydrogen-bond acceptors (Lipinski definition) is 5. The Labute approximate surface area is 176 Å². The minimum Gasteiger partial charge on any atom is -0.492 e. The van der Waals surface area contributed by atoms with Crippen LogP contribution in [0.2, 0.25) is 0 Å². The van der Waals surface area contributed by atoms with Gasteiger partial charge in [-0.05, 0) is 35.9 Å². The zero-order valence-corrected chi connectivity index (χ0v) is 17.1. The van der Waals surface area contributed by atoms with E-state index in [1.165, 1.54) is 0 Å². The van der Waals surface area contributed by atoms with Gasteiger partial charge in [-0.1, -0.05) is 28.1 Å². The summed E-state index contributed by atoms with van der Waals surface area (Å²) in [6, 6.07) is 11.8. The van der Waals surface area contributed by atoms with Crippen LogP contribution in [0.4, 0.5) is 11.8 Å². The minimum atomic E-state index is -0.0602. The Morgan fingerprint density at radius 1 is 1.19 bits per heavy atom. The van der Waals surface area contributed by atoms with E-state index in [1.54, 1.807) is 12.4 Å². The van der Waals surface area contributed by atoms with Crippen molar-refractivity contribution in [3.05, 3.63) is 63.9 Å². The molecule has 0 saturated carbocycles. The summed E-state index contributed by atoms with van der Waals surface area (Å²) in [4.78, 5) is 15.7. The molecule has 0 spiro atoms. The fourth-order valence-corrected chi connectivity index (χ4v) is 3.04. The molecule has 3 heterocycles. The van der Waals surface area contributed by atoms with Gasteiger partial charge < -0.3 is 15.4 Å². The third kappa shape index (κ3) is 4.68.